The highest BCUT2D eigenvalue weighted by atomic mass is 16.2. The van der Waals surface area contributed by atoms with E-state index in [1.807, 2.05) is 54.6 Å². The number of aromatic nitrogens is 3. The van der Waals surface area contributed by atoms with Crippen molar-refractivity contribution >= 4 is 17.3 Å². The van der Waals surface area contributed by atoms with Crippen LogP contribution in [0.2, 0.25) is 0 Å². The summed E-state index contributed by atoms with van der Waals surface area (Å²) in [5.41, 5.74) is 3.61. The van der Waals surface area contributed by atoms with Crippen molar-refractivity contribution in [3.05, 3.63) is 66.5 Å². The van der Waals surface area contributed by atoms with Crippen molar-refractivity contribution in [1.82, 2.24) is 15.0 Å². The lowest BCUT2D eigenvalue weighted by molar-refractivity contribution is -0.116. The zero-order valence-corrected chi connectivity index (χ0v) is 13.7. The predicted octanol–water partition coefficient (Wildman–Crippen LogP) is 2.86. The number of carbonyl (C=O) groups is 1. The van der Waals surface area contributed by atoms with Crippen LogP contribution in [0.25, 0.3) is 5.69 Å². The number of anilines is 2. The van der Waals surface area contributed by atoms with Crippen LogP contribution in [0.1, 0.15) is 12.6 Å². The summed E-state index contributed by atoms with van der Waals surface area (Å²) in [6, 6.07) is 17.6. The van der Waals surface area contributed by atoms with Gasteiger partial charge in [0.1, 0.15) is 0 Å². The van der Waals surface area contributed by atoms with E-state index in [1.165, 1.54) is 0 Å². The zero-order chi connectivity index (χ0) is 16.9. The lowest BCUT2D eigenvalue weighted by Crippen LogP contribution is -2.24. The molecule has 0 saturated carbocycles. The molecule has 0 fully saturated rings. The molecule has 0 unspecified atom stereocenters. The van der Waals surface area contributed by atoms with Crippen LogP contribution in [-0.4, -0.2) is 27.9 Å². The predicted molar refractivity (Wildman–Crippen MR) is 94.2 cm³/mol. The first-order valence-corrected chi connectivity index (χ1v) is 7.69. The fourth-order valence-corrected chi connectivity index (χ4v) is 2.43. The molecule has 0 aliphatic heterocycles. The Morgan fingerprint density at radius 2 is 1.83 bits per heavy atom. The van der Waals surface area contributed by atoms with E-state index in [4.69, 9.17) is 0 Å². The summed E-state index contributed by atoms with van der Waals surface area (Å²) in [5.74, 6) is -0.0137. The number of carbonyl (C=O) groups excluding carboxylic acids is 1. The molecule has 122 valence electrons. The van der Waals surface area contributed by atoms with Crippen LogP contribution >= 0.6 is 0 Å². The highest BCUT2D eigenvalue weighted by molar-refractivity contribution is 5.94. The second kappa shape index (κ2) is 6.95. The maximum atomic E-state index is 11.6. The minimum atomic E-state index is -0.0137. The molecule has 0 bridgehead atoms. The molecule has 6 heteroatoms. The average molecular weight is 321 g/mol. The van der Waals surface area contributed by atoms with E-state index >= 15 is 0 Å². The smallest absolute Gasteiger partial charge is 0.223 e. The van der Waals surface area contributed by atoms with E-state index < -0.39 is 0 Å². The fraction of sp³-hybridized carbons (Fsp3) is 0.167. The third kappa shape index (κ3) is 3.27. The van der Waals surface area contributed by atoms with Gasteiger partial charge in [-0.05, 0) is 24.3 Å². The van der Waals surface area contributed by atoms with E-state index in [1.54, 1.807) is 29.7 Å². The second-order valence-corrected chi connectivity index (χ2v) is 5.42. The summed E-state index contributed by atoms with van der Waals surface area (Å²) in [6.45, 7) is 2.09. The Labute approximate surface area is 140 Å². The molecule has 0 saturated heterocycles. The molecule has 1 N–H and O–H groups in total. The number of nitrogens with one attached hydrogen (secondary N) is 1. The third-order valence-electron chi connectivity index (χ3n) is 3.82. The first-order valence-electron chi connectivity index (χ1n) is 7.69. The van der Waals surface area contributed by atoms with E-state index in [2.05, 4.69) is 15.6 Å². The van der Waals surface area contributed by atoms with Crippen LogP contribution in [0.5, 0.6) is 0 Å². The summed E-state index contributed by atoms with van der Waals surface area (Å²) in [5, 5.41) is 11.5. The Balaban J connectivity index is 1.81. The van der Waals surface area contributed by atoms with Gasteiger partial charge in [0.05, 0.1) is 35.5 Å². The van der Waals surface area contributed by atoms with Gasteiger partial charge < -0.3 is 10.2 Å². The molecule has 6 nitrogen and oxygen atoms in total. The van der Waals surface area contributed by atoms with Crippen LogP contribution in [-0.2, 0) is 11.3 Å². The standard InChI is InChI=1S/C18H19N5O/c1-14(24)22(2)18-11-7-6-10-17(18)19-12-16-13-20-21-23(16)15-8-4-3-5-9-15/h3-11,13,19H,12H2,1-2H3. The SMILES string of the molecule is CC(=O)N(C)c1ccccc1NCc1cnnn1-c1ccccc1. The summed E-state index contributed by atoms with van der Waals surface area (Å²) >= 11 is 0. The lowest BCUT2D eigenvalue weighted by Gasteiger charge is -2.20. The number of hydrogen-bond acceptors (Lipinski definition) is 4. The molecule has 0 aliphatic rings. The normalized spacial score (nSPS) is 10.4. The highest BCUT2D eigenvalue weighted by Gasteiger charge is 2.11. The molecular formula is C18H19N5O. The molecule has 0 radical (unpaired) electrons. The molecule has 0 aliphatic carbocycles. The van der Waals surface area contributed by atoms with Gasteiger partial charge in [-0.3, -0.25) is 4.79 Å². The van der Waals surface area contributed by atoms with Gasteiger partial charge in [0.25, 0.3) is 0 Å². The first kappa shape index (κ1) is 15.7. The van der Waals surface area contributed by atoms with Gasteiger partial charge in [-0.15, -0.1) is 5.10 Å². The Morgan fingerprint density at radius 1 is 1.12 bits per heavy atom. The van der Waals surface area contributed by atoms with Crippen molar-refractivity contribution < 1.29 is 4.79 Å². The number of benzene rings is 2. The van der Waals surface area contributed by atoms with E-state index in [-0.39, 0.29) is 5.91 Å². The van der Waals surface area contributed by atoms with E-state index in [0.29, 0.717) is 6.54 Å². The number of rotatable bonds is 5. The molecule has 1 aromatic heterocycles. The topological polar surface area (TPSA) is 63.1 Å². The molecule has 3 aromatic rings. The molecule has 3 rings (SSSR count). The number of amides is 1. The Kier molecular flexibility index (Phi) is 4.56. The van der Waals surface area contributed by atoms with Crippen molar-refractivity contribution in [2.45, 2.75) is 13.5 Å². The molecule has 0 atom stereocenters. The second-order valence-electron chi connectivity index (χ2n) is 5.42. The molecule has 24 heavy (non-hydrogen) atoms. The molecule has 1 heterocycles. The largest absolute Gasteiger partial charge is 0.378 e. The summed E-state index contributed by atoms with van der Waals surface area (Å²) in [7, 11) is 1.76. The monoisotopic (exact) mass is 321 g/mol. The van der Waals surface area contributed by atoms with Crippen molar-refractivity contribution in [1.29, 1.82) is 0 Å². The van der Waals surface area contributed by atoms with Gasteiger partial charge in [0.15, 0.2) is 0 Å². The van der Waals surface area contributed by atoms with E-state index in [9.17, 15) is 4.79 Å². The van der Waals surface area contributed by atoms with Crippen LogP contribution < -0.4 is 10.2 Å². The fourth-order valence-electron chi connectivity index (χ4n) is 2.43. The number of para-hydroxylation sites is 3. The van der Waals surface area contributed by atoms with Crippen molar-refractivity contribution in [2.75, 3.05) is 17.3 Å². The number of hydrogen-bond donors (Lipinski definition) is 1. The van der Waals surface area contributed by atoms with Crippen molar-refractivity contribution in [3.63, 3.8) is 0 Å². The first-order chi connectivity index (χ1) is 11.7. The Hall–Kier alpha value is -3.15. The molecule has 0 spiro atoms. The average Bonchev–Trinajstić information content (AvgIpc) is 3.09. The lowest BCUT2D eigenvalue weighted by atomic mass is 10.2. The molecule has 2 aromatic carbocycles. The highest BCUT2D eigenvalue weighted by Crippen LogP contribution is 2.25. The van der Waals surface area contributed by atoms with Gasteiger partial charge in [0.2, 0.25) is 5.91 Å². The minimum absolute atomic E-state index is 0.0137. The van der Waals surface area contributed by atoms with Gasteiger partial charge in [-0.25, -0.2) is 4.68 Å². The molecular weight excluding hydrogens is 302 g/mol. The van der Waals surface area contributed by atoms with Gasteiger partial charge >= 0.3 is 0 Å². The Bertz CT molecular complexity index is 828. The van der Waals surface area contributed by atoms with Crippen LogP contribution in [0.4, 0.5) is 11.4 Å². The zero-order valence-electron chi connectivity index (χ0n) is 13.7. The van der Waals surface area contributed by atoms with Crippen molar-refractivity contribution in [3.8, 4) is 5.69 Å². The summed E-state index contributed by atoms with van der Waals surface area (Å²) in [4.78, 5) is 13.3. The van der Waals surface area contributed by atoms with Gasteiger partial charge in [-0.2, -0.15) is 0 Å². The van der Waals surface area contributed by atoms with Gasteiger partial charge in [0, 0.05) is 14.0 Å². The van der Waals surface area contributed by atoms with Crippen molar-refractivity contribution in [2.24, 2.45) is 0 Å². The van der Waals surface area contributed by atoms with Crippen LogP contribution in [0, 0.1) is 0 Å². The Morgan fingerprint density at radius 3 is 2.58 bits per heavy atom. The molecule has 1 amide bonds. The van der Waals surface area contributed by atoms with Crippen LogP contribution in [0.15, 0.2) is 60.8 Å². The minimum Gasteiger partial charge on any atom is -0.378 e. The van der Waals surface area contributed by atoms with Gasteiger partial charge in [-0.1, -0.05) is 35.5 Å². The third-order valence-corrected chi connectivity index (χ3v) is 3.82. The summed E-state index contributed by atoms with van der Waals surface area (Å²) < 4.78 is 1.80. The van der Waals surface area contributed by atoms with Crippen LogP contribution in [0.3, 0.4) is 0 Å². The number of nitrogens with zero attached hydrogens (tertiary/aromatic N) is 4. The summed E-state index contributed by atoms with van der Waals surface area (Å²) in [6.07, 6.45) is 1.73. The quantitative estimate of drug-likeness (QED) is 0.785. The van der Waals surface area contributed by atoms with E-state index in [0.717, 1.165) is 22.8 Å². The maximum absolute atomic E-state index is 11.6. The maximum Gasteiger partial charge on any atom is 0.223 e.